The first-order chi connectivity index (χ1) is 7.36. The number of carbonyl (C=O) groups is 1. The monoisotopic (exact) mass is 205 g/mol. The van der Waals surface area contributed by atoms with Crippen LogP contribution in [0.1, 0.15) is 23.2 Å². The Morgan fingerprint density at radius 3 is 3.27 bits per heavy atom. The summed E-state index contributed by atoms with van der Waals surface area (Å²) in [6.45, 7) is 1.77. The molecule has 1 amide bonds. The van der Waals surface area contributed by atoms with E-state index in [4.69, 9.17) is 0 Å². The second-order valence-electron chi connectivity index (χ2n) is 3.75. The molecule has 4 nitrogen and oxygen atoms in total. The van der Waals surface area contributed by atoms with Gasteiger partial charge in [-0.25, -0.2) is 0 Å². The van der Waals surface area contributed by atoms with Crippen LogP contribution in [0.2, 0.25) is 0 Å². The second-order valence-corrected chi connectivity index (χ2v) is 3.75. The summed E-state index contributed by atoms with van der Waals surface area (Å²) in [5, 5.41) is 6.23. The normalized spacial score (nSPS) is 20.1. The van der Waals surface area contributed by atoms with E-state index in [0.29, 0.717) is 18.2 Å². The SMILES string of the molecule is O=C(NC[C@@H]1CCCN1)c1cccnc1. The fraction of sp³-hybridized carbons (Fsp3) is 0.455. The van der Waals surface area contributed by atoms with Gasteiger partial charge in [-0.15, -0.1) is 0 Å². The highest BCUT2D eigenvalue weighted by Crippen LogP contribution is 2.03. The molecule has 1 fully saturated rings. The molecule has 80 valence electrons. The summed E-state index contributed by atoms with van der Waals surface area (Å²) in [4.78, 5) is 15.5. The fourth-order valence-electron chi connectivity index (χ4n) is 1.75. The Bertz CT molecular complexity index is 320. The quantitative estimate of drug-likeness (QED) is 0.758. The van der Waals surface area contributed by atoms with Crippen molar-refractivity contribution in [1.29, 1.82) is 0 Å². The molecule has 4 heteroatoms. The lowest BCUT2D eigenvalue weighted by molar-refractivity contribution is 0.0950. The molecule has 0 saturated carbocycles. The first-order valence-corrected chi connectivity index (χ1v) is 5.28. The minimum atomic E-state index is -0.0446. The third-order valence-corrected chi connectivity index (χ3v) is 2.60. The molecule has 0 aliphatic carbocycles. The average molecular weight is 205 g/mol. The highest BCUT2D eigenvalue weighted by molar-refractivity contribution is 5.93. The topological polar surface area (TPSA) is 54.0 Å². The van der Waals surface area contributed by atoms with Crippen LogP contribution in [0.4, 0.5) is 0 Å². The molecule has 1 aliphatic heterocycles. The van der Waals surface area contributed by atoms with E-state index in [-0.39, 0.29) is 5.91 Å². The lowest BCUT2D eigenvalue weighted by Crippen LogP contribution is -2.37. The van der Waals surface area contributed by atoms with Gasteiger partial charge in [0.25, 0.3) is 5.91 Å². The third-order valence-electron chi connectivity index (χ3n) is 2.60. The molecule has 1 atom stereocenters. The minimum absolute atomic E-state index is 0.0446. The van der Waals surface area contributed by atoms with Crippen LogP contribution in [0, 0.1) is 0 Å². The van der Waals surface area contributed by atoms with Crippen LogP contribution in [-0.4, -0.2) is 30.0 Å². The zero-order valence-corrected chi connectivity index (χ0v) is 8.57. The zero-order valence-electron chi connectivity index (χ0n) is 8.57. The fourth-order valence-corrected chi connectivity index (χ4v) is 1.75. The van der Waals surface area contributed by atoms with Gasteiger partial charge < -0.3 is 10.6 Å². The van der Waals surface area contributed by atoms with Crippen molar-refractivity contribution in [2.45, 2.75) is 18.9 Å². The van der Waals surface area contributed by atoms with E-state index in [1.54, 1.807) is 24.5 Å². The molecule has 0 aromatic carbocycles. The Morgan fingerprint density at radius 2 is 2.60 bits per heavy atom. The van der Waals surface area contributed by atoms with Crippen LogP contribution in [0.3, 0.4) is 0 Å². The van der Waals surface area contributed by atoms with Gasteiger partial charge in [0.05, 0.1) is 5.56 Å². The summed E-state index contributed by atoms with van der Waals surface area (Å²) >= 11 is 0. The molecular formula is C11H15N3O. The van der Waals surface area contributed by atoms with Crippen LogP contribution < -0.4 is 10.6 Å². The Hall–Kier alpha value is -1.42. The molecule has 0 radical (unpaired) electrons. The number of aromatic nitrogens is 1. The molecule has 1 aromatic heterocycles. The maximum absolute atomic E-state index is 11.6. The molecule has 2 N–H and O–H groups in total. The molecule has 1 aromatic rings. The van der Waals surface area contributed by atoms with Gasteiger partial charge in [0.2, 0.25) is 0 Å². The Morgan fingerprint density at radius 1 is 1.67 bits per heavy atom. The van der Waals surface area contributed by atoms with Gasteiger partial charge in [-0.1, -0.05) is 0 Å². The van der Waals surface area contributed by atoms with Gasteiger partial charge in [0.1, 0.15) is 0 Å². The van der Waals surface area contributed by atoms with Gasteiger partial charge in [-0.05, 0) is 31.5 Å². The van der Waals surface area contributed by atoms with Crippen molar-refractivity contribution < 1.29 is 4.79 Å². The van der Waals surface area contributed by atoms with Crippen molar-refractivity contribution >= 4 is 5.91 Å². The van der Waals surface area contributed by atoms with Crippen LogP contribution >= 0.6 is 0 Å². The van der Waals surface area contributed by atoms with Crippen molar-refractivity contribution in [1.82, 2.24) is 15.6 Å². The number of nitrogens with one attached hydrogen (secondary N) is 2. The molecule has 2 rings (SSSR count). The van der Waals surface area contributed by atoms with Crippen molar-refractivity contribution in [2.75, 3.05) is 13.1 Å². The number of nitrogens with zero attached hydrogens (tertiary/aromatic N) is 1. The van der Waals surface area contributed by atoms with Gasteiger partial charge >= 0.3 is 0 Å². The van der Waals surface area contributed by atoms with Crippen molar-refractivity contribution in [2.24, 2.45) is 0 Å². The number of carbonyl (C=O) groups excluding carboxylic acids is 1. The number of rotatable bonds is 3. The highest BCUT2D eigenvalue weighted by Gasteiger charge is 2.14. The predicted octanol–water partition coefficient (Wildman–Crippen LogP) is 0.563. The number of amides is 1. The standard InChI is InChI=1S/C11H15N3O/c15-11(9-3-1-5-12-7-9)14-8-10-4-2-6-13-10/h1,3,5,7,10,13H,2,4,6,8H2,(H,14,15)/t10-/m0/s1. The van der Waals surface area contributed by atoms with E-state index in [2.05, 4.69) is 15.6 Å². The molecule has 0 spiro atoms. The first-order valence-electron chi connectivity index (χ1n) is 5.28. The van der Waals surface area contributed by atoms with E-state index in [0.717, 1.165) is 13.0 Å². The molecule has 1 aliphatic rings. The van der Waals surface area contributed by atoms with Gasteiger partial charge in [-0.3, -0.25) is 9.78 Å². The largest absolute Gasteiger partial charge is 0.350 e. The van der Waals surface area contributed by atoms with E-state index in [9.17, 15) is 4.79 Å². The maximum atomic E-state index is 11.6. The van der Waals surface area contributed by atoms with Crippen molar-refractivity contribution in [3.05, 3.63) is 30.1 Å². The maximum Gasteiger partial charge on any atom is 0.252 e. The van der Waals surface area contributed by atoms with E-state index < -0.39 is 0 Å². The summed E-state index contributed by atoms with van der Waals surface area (Å²) in [5.74, 6) is -0.0446. The van der Waals surface area contributed by atoms with Crippen LogP contribution in [0.25, 0.3) is 0 Å². The number of hydrogen-bond acceptors (Lipinski definition) is 3. The molecule has 1 saturated heterocycles. The Balaban J connectivity index is 1.82. The minimum Gasteiger partial charge on any atom is -0.350 e. The molecule has 15 heavy (non-hydrogen) atoms. The average Bonchev–Trinajstić information content (AvgIpc) is 2.80. The lowest BCUT2D eigenvalue weighted by Gasteiger charge is -2.11. The van der Waals surface area contributed by atoms with Crippen molar-refractivity contribution in [3.63, 3.8) is 0 Å². The summed E-state index contributed by atoms with van der Waals surface area (Å²) in [6.07, 6.45) is 5.59. The molecular weight excluding hydrogens is 190 g/mol. The summed E-state index contributed by atoms with van der Waals surface area (Å²) < 4.78 is 0. The summed E-state index contributed by atoms with van der Waals surface area (Å²) in [5.41, 5.74) is 0.621. The van der Waals surface area contributed by atoms with Crippen molar-refractivity contribution in [3.8, 4) is 0 Å². The van der Waals surface area contributed by atoms with Crippen LogP contribution in [0.15, 0.2) is 24.5 Å². The number of hydrogen-bond donors (Lipinski definition) is 2. The Labute approximate surface area is 89.1 Å². The summed E-state index contributed by atoms with van der Waals surface area (Å²) in [7, 11) is 0. The Kier molecular flexibility index (Phi) is 3.29. The van der Waals surface area contributed by atoms with Crippen LogP contribution in [-0.2, 0) is 0 Å². The van der Waals surface area contributed by atoms with Gasteiger partial charge in [0, 0.05) is 25.0 Å². The van der Waals surface area contributed by atoms with Gasteiger partial charge in [-0.2, -0.15) is 0 Å². The van der Waals surface area contributed by atoms with Gasteiger partial charge in [0.15, 0.2) is 0 Å². The van der Waals surface area contributed by atoms with E-state index in [1.165, 1.54) is 6.42 Å². The molecule has 0 bridgehead atoms. The second kappa shape index (κ2) is 4.89. The smallest absolute Gasteiger partial charge is 0.252 e. The zero-order chi connectivity index (χ0) is 10.5. The molecule has 0 unspecified atom stereocenters. The highest BCUT2D eigenvalue weighted by atomic mass is 16.1. The molecule has 2 heterocycles. The summed E-state index contributed by atoms with van der Waals surface area (Å²) in [6, 6.07) is 3.97. The van der Waals surface area contributed by atoms with E-state index in [1.807, 2.05) is 0 Å². The first kappa shape index (κ1) is 10.1. The van der Waals surface area contributed by atoms with E-state index >= 15 is 0 Å². The van der Waals surface area contributed by atoms with Crippen LogP contribution in [0.5, 0.6) is 0 Å². The number of pyridine rings is 1. The predicted molar refractivity (Wildman–Crippen MR) is 57.6 cm³/mol. The third kappa shape index (κ3) is 2.76. The lowest BCUT2D eigenvalue weighted by atomic mass is 10.2.